The van der Waals surface area contributed by atoms with Crippen LogP contribution < -0.4 is 0 Å². The van der Waals surface area contributed by atoms with Gasteiger partial charge in [-0.2, -0.15) is 0 Å². The number of rotatable bonds is 4. The summed E-state index contributed by atoms with van der Waals surface area (Å²) in [6, 6.07) is 1.33. The number of non-ortho nitro benzene ring substituents is 2. The first kappa shape index (κ1) is 19.7. The molecule has 1 unspecified atom stereocenters. The fraction of sp³-hybridized carbons (Fsp3) is 0.529. The number of hydrogen-bond donors (Lipinski definition) is 1. The maximum Gasteiger partial charge on any atom is 0.328 e. The Morgan fingerprint density at radius 1 is 1.14 bits per heavy atom. The second kappa shape index (κ2) is 7.15. The van der Waals surface area contributed by atoms with E-state index in [9.17, 15) is 34.9 Å². The number of carbonyl (C=O) groups is 2. The number of aliphatic carboxylic acids is 1. The third-order valence-corrected chi connectivity index (χ3v) is 5.39. The van der Waals surface area contributed by atoms with E-state index >= 15 is 0 Å². The lowest BCUT2D eigenvalue weighted by molar-refractivity contribution is -0.394. The first-order valence-corrected chi connectivity index (χ1v) is 8.79. The van der Waals surface area contributed by atoms with Crippen LogP contribution >= 0.6 is 0 Å². The van der Waals surface area contributed by atoms with Crippen LogP contribution in [0, 0.1) is 26.1 Å². The van der Waals surface area contributed by atoms with Crippen LogP contribution in [0.1, 0.15) is 43.0 Å². The van der Waals surface area contributed by atoms with Crippen molar-refractivity contribution in [2.45, 2.75) is 44.4 Å². The molecule has 1 heterocycles. The molecule has 11 nitrogen and oxygen atoms in total. The van der Waals surface area contributed by atoms with Crippen LogP contribution in [0.5, 0.6) is 0 Å². The zero-order chi connectivity index (χ0) is 20.6. The molecule has 1 atom stereocenters. The third-order valence-electron chi connectivity index (χ3n) is 5.39. The Bertz CT molecular complexity index is 815. The molecule has 3 rings (SSSR count). The molecule has 1 aromatic rings. The average Bonchev–Trinajstić information content (AvgIpc) is 3.02. The molecule has 150 valence electrons. The van der Waals surface area contributed by atoms with Gasteiger partial charge in [0.05, 0.1) is 28.1 Å². The summed E-state index contributed by atoms with van der Waals surface area (Å²) >= 11 is 0. The monoisotopic (exact) mass is 393 g/mol. The number of benzene rings is 1. The molecular formula is C17H19N3O8. The molecule has 1 spiro atoms. The molecule has 2 fully saturated rings. The Kier molecular flexibility index (Phi) is 5.02. The van der Waals surface area contributed by atoms with E-state index in [1.807, 2.05) is 6.92 Å². The Labute approximate surface area is 159 Å². The van der Waals surface area contributed by atoms with E-state index in [4.69, 9.17) is 4.74 Å². The van der Waals surface area contributed by atoms with Crippen LogP contribution in [-0.2, 0) is 9.53 Å². The Hall–Kier alpha value is -3.08. The molecule has 28 heavy (non-hydrogen) atoms. The highest BCUT2D eigenvalue weighted by Gasteiger charge is 2.54. The first-order valence-electron chi connectivity index (χ1n) is 8.79. The van der Waals surface area contributed by atoms with Gasteiger partial charge in [-0.05, 0) is 31.6 Å². The molecule has 0 radical (unpaired) electrons. The molecule has 1 amide bonds. The Morgan fingerprint density at radius 2 is 1.68 bits per heavy atom. The minimum atomic E-state index is -1.26. The van der Waals surface area contributed by atoms with Crippen molar-refractivity contribution in [2.75, 3.05) is 6.61 Å². The summed E-state index contributed by atoms with van der Waals surface area (Å²) in [6.45, 7) is 1.85. The van der Waals surface area contributed by atoms with Crippen molar-refractivity contribution < 1.29 is 29.3 Å². The van der Waals surface area contributed by atoms with Gasteiger partial charge in [0.1, 0.15) is 5.72 Å². The van der Waals surface area contributed by atoms with Gasteiger partial charge in [-0.25, -0.2) is 4.79 Å². The quantitative estimate of drug-likeness (QED) is 0.604. The van der Waals surface area contributed by atoms with E-state index in [0.29, 0.717) is 18.8 Å². The molecule has 1 aromatic carbocycles. The fourth-order valence-electron chi connectivity index (χ4n) is 3.84. The summed E-state index contributed by atoms with van der Waals surface area (Å²) in [6.07, 6.45) is 2.32. The van der Waals surface area contributed by atoms with Crippen molar-refractivity contribution in [1.82, 2.24) is 4.90 Å². The lowest BCUT2D eigenvalue weighted by atomic mass is 9.83. The minimum Gasteiger partial charge on any atom is -0.480 e. The highest BCUT2D eigenvalue weighted by molar-refractivity contribution is 5.98. The molecule has 0 aromatic heterocycles. The van der Waals surface area contributed by atoms with Gasteiger partial charge in [0.15, 0.2) is 6.04 Å². The van der Waals surface area contributed by atoms with Crippen LogP contribution in [0.2, 0.25) is 0 Å². The maximum atomic E-state index is 13.2. The number of nitro benzene ring substituents is 2. The van der Waals surface area contributed by atoms with Crippen LogP contribution in [-0.4, -0.2) is 50.1 Å². The molecule has 2 aliphatic rings. The van der Waals surface area contributed by atoms with Crippen LogP contribution in [0.3, 0.4) is 0 Å². The lowest BCUT2D eigenvalue weighted by Crippen LogP contribution is -2.55. The number of nitrogens with zero attached hydrogens (tertiary/aromatic N) is 3. The van der Waals surface area contributed by atoms with Gasteiger partial charge in [-0.15, -0.1) is 0 Å². The average molecular weight is 393 g/mol. The second-order valence-electron chi connectivity index (χ2n) is 7.22. The molecule has 1 N–H and O–H groups in total. The predicted octanol–water partition coefficient (Wildman–Crippen LogP) is 2.33. The minimum absolute atomic E-state index is 0.202. The molecule has 1 saturated heterocycles. The van der Waals surface area contributed by atoms with Gasteiger partial charge >= 0.3 is 5.97 Å². The van der Waals surface area contributed by atoms with Crippen molar-refractivity contribution in [3.05, 3.63) is 44.0 Å². The zero-order valence-electron chi connectivity index (χ0n) is 15.1. The molecule has 11 heteroatoms. The maximum absolute atomic E-state index is 13.2. The van der Waals surface area contributed by atoms with Gasteiger partial charge in [0, 0.05) is 12.1 Å². The molecule has 0 bridgehead atoms. The summed E-state index contributed by atoms with van der Waals surface area (Å²) in [5.74, 6) is -1.69. The van der Waals surface area contributed by atoms with Gasteiger partial charge in [-0.1, -0.05) is 6.92 Å². The third kappa shape index (κ3) is 3.40. The van der Waals surface area contributed by atoms with Gasteiger partial charge in [-0.3, -0.25) is 29.9 Å². The topological polar surface area (TPSA) is 153 Å². The van der Waals surface area contributed by atoms with Gasteiger partial charge in [0.25, 0.3) is 17.3 Å². The SMILES string of the molecule is CC1CCC2(CC1)OCC(C(=O)O)N2C(=O)c1cc([N+](=O)[O-])cc([N+](=O)[O-])c1. The largest absolute Gasteiger partial charge is 0.480 e. The van der Waals surface area contributed by atoms with E-state index in [1.165, 1.54) is 0 Å². The summed E-state index contributed by atoms with van der Waals surface area (Å²) in [5.41, 5.74) is -2.66. The zero-order valence-corrected chi connectivity index (χ0v) is 15.1. The molecule has 1 aliphatic heterocycles. The van der Waals surface area contributed by atoms with E-state index in [-0.39, 0.29) is 12.2 Å². The van der Waals surface area contributed by atoms with E-state index in [1.54, 1.807) is 0 Å². The lowest BCUT2D eigenvalue weighted by Gasteiger charge is -2.42. The van der Waals surface area contributed by atoms with Crippen LogP contribution in [0.25, 0.3) is 0 Å². The van der Waals surface area contributed by atoms with E-state index in [0.717, 1.165) is 35.9 Å². The molecule has 1 aliphatic carbocycles. The van der Waals surface area contributed by atoms with Crippen molar-refractivity contribution in [2.24, 2.45) is 5.92 Å². The number of hydrogen-bond acceptors (Lipinski definition) is 7. The van der Waals surface area contributed by atoms with E-state index in [2.05, 4.69) is 0 Å². The normalized spacial score (nSPS) is 27.0. The number of nitro groups is 2. The number of carbonyl (C=O) groups excluding carboxylic acids is 1. The molecular weight excluding hydrogens is 374 g/mol. The number of carboxylic acids is 1. The molecule has 1 saturated carbocycles. The second-order valence-corrected chi connectivity index (χ2v) is 7.22. The summed E-state index contributed by atoms with van der Waals surface area (Å²) in [7, 11) is 0. The number of amides is 1. The summed E-state index contributed by atoms with van der Waals surface area (Å²) in [4.78, 5) is 46.6. The Balaban J connectivity index is 2.05. The van der Waals surface area contributed by atoms with Crippen molar-refractivity contribution in [1.29, 1.82) is 0 Å². The summed E-state index contributed by atoms with van der Waals surface area (Å²) in [5, 5.41) is 31.8. The van der Waals surface area contributed by atoms with Crippen molar-refractivity contribution >= 4 is 23.3 Å². The van der Waals surface area contributed by atoms with Crippen molar-refractivity contribution in [3.8, 4) is 0 Å². The smallest absolute Gasteiger partial charge is 0.328 e. The van der Waals surface area contributed by atoms with Gasteiger partial charge < -0.3 is 9.84 Å². The Morgan fingerprint density at radius 3 is 2.14 bits per heavy atom. The highest BCUT2D eigenvalue weighted by Crippen LogP contribution is 2.43. The van der Waals surface area contributed by atoms with Crippen LogP contribution in [0.4, 0.5) is 11.4 Å². The van der Waals surface area contributed by atoms with E-state index < -0.39 is 44.9 Å². The first-order chi connectivity index (χ1) is 13.1. The number of ether oxygens (including phenoxy) is 1. The van der Waals surface area contributed by atoms with Gasteiger partial charge in [0.2, 0.25) is 0 Å². The van der Waals surface area contributed by atoms with Crippen LogP contribution in [0.15, 0.2) is 18.2 Å². The number of carboxylic acid groups (broad SMARTS) is 1. The summed E-state index contributed by atoms with van der Waals surface area (Å²) < 4.78 is 5.77. The van der Waals surface area contributed by atoms with Crippen molar-refractivity contribution in [3.63, 3.8) is 0 Å². The predicted molar refractivity (Wildman–Crippen MR) is 93.7 cm³/mol. The standard InChI is InChI=1S/C17H19N3O8/c1-10-2-4-17(5-3-10)18(14(9-28-17)16(22)23)15(21)11-6-12(19(24)25)8-13(7-11)20(26)27/h6-8,10,14H,2-5,9H2,1H3,(H,22,23). The highest BCUT2D eigenvalue weighted by atomic mass is 16.6. The fourth-order valence-corrected chi connectivity index (χ4v) is 3.84.